The van der Waals surface area contributed by atoms with Crippen molar-refractivity contribution in [2.75, 3.05) is 12.4 Å². The van der Waals surface area contributed by atoms with Gasteiger partial charge in [0.25, 0.3) is 0 Å². The molecule has 0 amide bonds. The van der Waals surface area contributed by atoms with Gasteiger partial charge in [-0.3, -0.25) is 0 Å². The first-order valence-corrected chi connectivity index (χ1v) is 7.26. The monoisotopic (exact) mass is 326 g/mol. The van der Waals surface area contributed by atoms with Crippen molar-refractivity contribution in [3.05, 3.63) is 38.3 Å². The van der Waals surface area contributed by atoms with Gasteiger partial charge in [0.15, 0.2) is 0 Å². The minimum absolute atomic E-state index is 0.711. The van der Waals surface area contributed by atoms with E-state index in [4.69, 9.17) is 4.74 Å². The van der Waals surface area contributed by atoms with Gasteiger partial charge in [0.05, 0.1) is 30.0 Å². The first kappa shape index (κ1) is 13.4. The van der Waals surface area contributed by atoms with Gasteiger partial charge in [-0.25, -0.2) is 4.98 Å². The molecule has 1 aromatic carbocycles. The number of ether oxygens (including phenoxy) is 1. The molecule has 0 aliphatic carbocycles. The van der Waals surface area contributed by atoms with E-state index < -0.39 is 0 Å². The zero-order chi connectivity index (χ0) is 13.1. The number of halogens is 1. The van der Waals surface area contributed by atoms with Gasteiger partial charge in [0.2, 0.25) is 0 Å². The molecule has 2 aromatic rings. The van der Waals surface area contributed by atoms with E-state index in [1.165, 1.54) is 0 Å². The molecular weight excluding hydrogens is 312 g/mol. The lowest BCUT2D eigenvalue weighted by Crippen LogP contribution is -2.03. The molecule has 0 radical (unpaired) electrons. The standard InChI is InChI=1S/C13H15BrN2OS/c1-8-4-10(14)5-12(17-3)13(8)15-6-11-7-18-9(2)16-11/h4-5,7,15H,6H2,1-3H3. The van der Waals surface area contributed by atoms with Crippen LogP contribution < -0.4 is 10.1 Å². The van der Waals surface area contributed by atoms with Crippen LogP contribution in [0.2, 0.25) is 0 Å². The number of aromatic nitrogens is 1. The lowest BCUT2D eigenvalue weighted by atomic mass is 10.2. The van der Waals surface area contributed by atoms with E-state index >= 15 is 0 Å². The molecule has 0 aliphatic heterocycles. The van der Waals surface area contributed by atoms with Crippen molar-refractivity contribution in [1.82, 2.24) is 4.98 Å². The van der Waals surface area contributed by atoms with Crippen LogP contribution in [0.5, 0.6) is 5.75 Å². The largest absolute Gasteiger partial charge is 0.495 e. The van der Waals surface area contributed by atoms with Crippen LogP contribution in [0.25, 0.3) is 0 Å². The summed E-state index contributed by atoms with van der Waals surface area (Å²) in [6, 6.07) is 4.03. The van der Waals surface area contributed by atoms with Crippen molar-refractivity contribution in [1.29, 1.82) is 0 Å². The number of rotatable bonds is 4. The van der Waals surface area contributed by atoms with E-state index in [2.05, 4.69) is 44.6 Å². The Kier molecular flexibility index (Phi) is 4.24. The summed E-state index contributed by atoms with van der Waals surface area (Å²) in [7, 11) is 1.68. The normalized spacial score (nSPS) is 10.4. The number of aryl methyl sites for hydroxylation is 2. The van der Waals surface area contributed by atoms with Crippen LogP contribution in [-0.4, -0.2) is 12.1 Å². The smallest absolute Gasteiger partial charge is 0.143 e. The third kappa shape index (κ3) is 3.03. The molecule has 3 nitrogen and oxygen atoms in total. The maximum absolute atomic E-state index is 5.39. The minimum Gasteiger partial charge on any atom is -0.495 e. The molecule has 1 N–H and O–H groups in total. The predicted molar refractivity (Wildman–Crippen MR) is 79.6 cm³/mol. The predicted octanol–water partition coefficient (Wildman–Crippen LogP) is 4.14. The summed E-state index contributed by atoms with van der Waals surface area (Å²) in [5.74, 6) is 0.842. The molecule has 18 heavy (non-hydrogen) atoms. The van der Waals surface area contributed by atoms with Gasteiger partial charge in [-0.05, 0) is 31.5 Å². The fraction of sp³-hybridized carbons (Fsp3) is 0.308. The van der Waals surface area contributed by atoms with Crippen LogP contribution in [0.1, 0.15) is 16.3 Å². The Balaban J connectivity index is 2.18. The minimum atomic E-state index is 0.711. The van der Waals surface area contributed by atoms with Crippen LogP contribution in [0.15, 0.2) is 22.0 Å². The highest BCUT2D eigenvalue weighted by Gasteiger charge is 2.08. The second-order valence-corrected chi connectivity index (χ2v) is 5.99. The number of nitrogens with one attached hydrogen (secondary N) is 1. The Bertz CT molecular complexity index is 554. The molecule has 0 fully saturated rings. The van der Waals surface area contributed by atoms with Crippen LogP contribution in [0.3, 0.4) is 0 Å². The van der Waals surface area contributed by atoms with Crippen molar-refractivity contribution in [2.24, 2.45) is 0 Å². The summed E-state index contributed by atoms with van der Waals surface area (Å²) in [5, 5.41) is 6.55. The lowest BCUT2D eigenvalue weighted by molar-refractivity contribution is 0.416. The zero-order valence-electron chi connectivity index (χ0n) is 10.6. The number of hydrogen-bond acceptors (Lipinski definition) is 4. The van der Waals surface area contributed by atoms with Gasteiger partial charge in [0, 0.05) is 9.85 Å². The quantitative estimate of drug-likeness (QED) is 0.916. The first-order valence-electron chi connectivity index (χ1n) is 5.59. The highest BCUT2D eigenvalue weighted by atomic mass is 79.9. The summed E-state index contributed by atoms with van der Waals surface area (Å²) < 4.78 is 6.41. The third-order valence-corrected chi connectivity index (χ3v) is 3.88. The van der Waals surface area contributed by atoms with Gasteiger partial charge in [-0.1, -0.05) is 15.9 Å². The van der Waals surface area contributed by atoms with Gasteiger partial charge < -0.3 is 10.1 Å². The Morgan fingerprint density at radius 1 is 1.39 bits per heavy atom. The molecule has 0 saturated carbocycles. The molecule has 2 rings (SSSR count). The Morgan fingerprint density at radius 3 is 2.78 bits per heavy atom. The maximum Gasteiger partial charge on any atom is 0.143 e. The number of anilines is 1. The fourth-order valence-corrected chi connectivity index (χ4v) is 2.93. The van der Waals surface area contributed by atoms with E-state index in [1.54, 1.807) is 18.4 Å². The molecule has 96 valence electrons. The zero-order valence-corrected chi connectivity index (χ0v) is 13.0. The Morgan fingerprint density at radius 2 is 2.17 bits per heavy atom. The summed E-state index contributed by atoms with van der Waals surface area (Å²) in [5.41, 5.74) is 3.22. The molecule has 1 aromatic heterocycles. The molecule has 0 spiro atoms. The second-order valence-electron chi connectivity index (χ2n) is 4.01. The van der Waals surface area contributed by atoms with Crippen molar-refractivity contribution in [3.8, 4) is 5.75 Å². The molecule has 0 bridgehead atoms. The van der Waals surface area contributed by atoms with Crippen molar-refractivity contribution in [2.45, 2.75) is 20.4 Å². The number of thiazole rings is 1. The van der Waals surface area contributed by atoms with Gasteiger partial charge in [0.1, 0.15) is 5.75 Å². The highest BCUT2D eigenvalue weighted by molar-refractivity contribution is 9.10. The number of benzene rings is 1. The maximum atomic E-state index is 5.39. The summed E-state index contributed by atoms with van der Waals surface area (Å²) in [6.07, 6.45) is 0. The molecule has 0 atom stereocenters. The molecule has 0 aliphatic rings. The van der Waals surface area contributed by atoms with Crippen LogP contribution in [0.4, 0.5) is 5.69 Å². The number of methoxy groups -OCH3 is 1. The van der Waals surface area contributed by atoms with Gasteiger partial charge >= 0.3 is 0 Å². The van der Waals surface area contributed by atoms with Crippen LogP contribution in [-0.2, 0) is 6.54 Å². The van der Waals surface area contributed by atoms with E-state index in [0.29, 0.717) is 6.54 Å². The number of nitrogens with zero attached hydrogens (tertiary/aromatic N) is 1. The Hall–Kier alpha value is -1.07. The van der Waals surface area contributed by atoms with E-state index in [1.807, 2.05) is 13.0 Å². The Labute approximate surface area is 119 Å². The van der Waals surface area contributed by atoms with Crippen LogP contribution in [0, 0.1) is 13.8 Å². The third-order valence-electron chi connectivity index (χ3n) is 2.60. The van der Waals surface area contributed by atoms with E-state index in [0.717, 1.165) is 32.2 Å². The van der Waals surface area contributed by atoms with E-state index in [9.17, 15) is 0 Å². The van der Waals surface area contributed by atoms with E-state index in [-0.39, 0.29) is 0 Å². The SMILES string of the molecule is COc1cc(Br)cc(C)c1NCc1csc(C)n1. The second kappa shape index (κ2) is 5.71. The molecule has 1 heterocycles. The summed E-state index contributed by atoms with van der Waals surface area (Å²) >= 11 is 5.14. The van der Waals surface area contributed by atoms with Crippen molar-refractivity contribution < 1.29 is 4.74 Å². The summed E-state index contributed by atoms with van der Waals surface area (Å²) in [4.78, 5) is 4.43. The van der Waals surface area contributed by atoms with Gasteiger partial charge in [-0.2, -0.15) is 0 Å². The first-order chi connectivity index (χ1) is 8.60. The average molecular weight is 327 g/mol. The van der Waals surface area contributed by atoms with Crippen molar-refractivity contribution in [3.63, 3.8) is 0 Å². The fourth-order valence-electron chi connectivity index (χ4n) is 1.77. The highest BCUT2D eigenvalue weighted by Crippen LogP contribution is 2.32. The summed E-state index contributed by atoms with van der Waals surface area (Å²) in [6.45, 7) is 4.78. The molecule has 0 unspecified atom stereocenters. The lowest BCUT2D eigenvalue weighted by Gasteiger charge is -2.13. The average Bonchev–Trinajstić information content (AvgIpc) is 2.73. The topological polar surface area (TPSA) is 34.1 Å². The number of hydrogen-bond donors (Lipinski definition) is 1. The molecule has 0 saturated heterocycles. The van der Waals surface area contributed by atoms with Crippen molar-refractivity contribution >= 4 is 33.0 Å². The van der Waals surface area contributed by atoms with Gasteiger partial charge in [-0.15, -0.1) is 11.3 Å². The molecule has 5 heteroatoms. The molecular formula is C13H15BrN2OS. The van der Waals surface area contributed by atoms with Crippen LogP contribution >= 0.6 is 27.3 Å².